The Morgan fingerprint density at radius 2 is 2.26 bits per heavy atom. The van der Waals surface area contributed by atoms with Crippen LogP contribution in [0, 0.1) is 11.3 Å². The van der Waals surface area contributed by atoms with Gasteiger partial charge in [-0.05, 0) is 29.8 Å². The number of nitrogen functional groups attached to an aromatic ring is 1. The van der Waals surface area contributed by atoms with E-state index >= 15 is 0 Å². The topological polar surface area (TPSA) is 71.9 Å². The number of nitrogens with two attached hydrogens (primary N) is 1. The van der Waals surface area contributed by atoms with E-state index in [2.05, 4.69) is 11.1 Å². The summed E-state index contributed by atoms with van der Waals surface area (Å²) in [6.45, 7) is 0. The monoisotopic (exact) mass is 271 g/mol. The summed E-state index contributed by atoms with van der Waals surface area (Å²) in [7, 11) is 1.56. The van der Waals surface area contributed by atoms with Gasteiger partial charge in [-0.2, -0.15) is 5.26 Å². The fourth-order valence-corrected chi connectivity index (χ4v) is 2.45. The zero-order valence-electron chi connectivity index (χ0n) is 10.5. The molecular formula is C14H13N3OS. The number of rotatable bonds is 4. The van der Waals surface area contributed by atoms with Crippen LogP contribution >= 0.6 is 11.8 Å². The molecule has 0 unspecified atom stereocenters. The molecule has 0 radical (unpaired) electrons. The summed E-state index contributed by atoms with van der Waals surface area (Å²) in [6.07, 6.45) is 1.72. The van der Waals surface area contributed by atoms with Gasteiger partial charge in [0.1, 0.15) is 16.8 Å². The van der Waals surface area contributed by atoms with Gasteiger partial charge in [-0.25, -0.2) is 4.98 Å². The molecule has 0 atom stereocenters. The van der Waals surface area contributed by atoms with Crippen molar-refractivity contribution in [1.29, 1.82) is 5.26 Å². The lowest BCUT2D eigenvalue weighted by Gasteiger charge is -2.07. The van der Waals surface area contributed by atoms with Crippen molar-refractivity contribution in [2.75, 3.05) is 12.8 Å². The molecule has 0 aliphatic carbocycles. The Morgan fingerprint density at radius 1 is 1.42 bits per heavy atom. The van der Waals surface area contributed by atoms with Crippen molar-refractivity contribution < 1.29 is 4.74 Å². The Hall–Kier alpha value is -2.19. The standard InChI is InChI=1S/C14H13N3OS/c1-18-13-7-10(4-5-11(13)8-15)9-19-14-12(16)3-2-6-17-14/h2-7H,9,16H2,1H3. The van der Waals surface area contributed by atoms with Crippen LogP contribution in [0.3, 0.4) is 0 Å². The number of nitrogens with zero attached hydrogens (tertiary/aromatic N) is 2. The summed E-state index contributed by atoms with van der Waals surface area (Å²) in [5.41, 5.74) is 8.11. The molecule has 1 heterocycles. The number of aromatic nitrogens is 1. The van der Waals surface area contributed by atoms with Crippen molar-refractivity contribution in [1.82, 2.24) is 4.98 Å². The predicted molar refractivity (Wildman–Crippen MR) is 75.9 cm³/mol. The van der Waals surface area contributed by atoms with Crippen LogP contribution in [-0.2, 0) is 5.75 Å². The maximum absolute atomic E-state index is 8.92. The van der Waals surface area contributed by atoms with Crippen molar-refractivity contribution in [2.45, 2.75) is 10.8 Å². The van der Waals surface area contributed by atoms with Crippen LogP contribution in [0.2, 0.25) is 0 Å². The van der Waals surface area contributed by atoms with Crippen LogP contribution in [0.25, 0.3) is 0 Å². The highest BCUT2D eigenvalue weighted by Crippen LogP contribution is 2.28. The zero-order valence-corrected chi connectivity index (χ0v) is 11.3. The van der Waals surface area contributed by atoms with Gasteiger partial charge in [0.05, 0.1) is 18.4 Å². The van der Waals surface area contributed by atoms with Gasteiger partial charge in [0.25, 0.3) is 0 Å². The molecule has 0 spiro atoms. The number of ether oxygens (including phenoxy) is 1. The van der Waals surface area contributed by atoms with Crippen LogP contribution in [0.15, 0.2) is 41.6 Å². The van der Waals surface area contributed by atoms with E-state index in [1.54, 1.807) is 31.1 Å². The molecule has 0 bridgehead atoms. The van der Waals surface area contributed by atoms with E-state index < -0.39 is 0 Å². The summed E-state index contributed by atoms with van der Waals surface area (Å²) in [5.74, 6) is 1.32. The molecule has 19 heavy (non-hydrogen) atoms. The Kier molecular flexibility index (Phi) is 4.26. The Morgan fingerprint density at radius 3 is 2.95 bits per heavy atom. The third kappa shape index (κ3) is 3.18. The molecule has 2 N–H and O–H groups in total. The first-order valence-electron chi connectivity index (χ1n) is 5.65. The average molecular weight is 271 g/mol. The smallest absolute Gasteiger partial charge is 0.136 e. The van der Waals surface area contributed by atoms with Crippen LogP contribution in [0.1, 0.15) is 11.1 Å². The van der Waals surface area contributed by atoms with E-state index in [1.165, 1.54) is 0 Å². The normalized spacial score (nSPS) is 9.89. The van der Waals surface area contributed by atoms with E-state index in [-0.39, 0.29) is 0 Å². The summed E-state index contributed by atoms with van der Waals surface area (Å²) < 4.78 is 5.18. The lowest BCUT2D eigenvalue weighted by atomic mass is 10.1. The second kappa shape index (κ2) is 6.12. The molecule has 1 aromatic carbocycles. The number of benzene rings is 1. The first-order valence-corrected chi connectivity index (χ1v) is 6.63. The molecule has 2 aromatic rings. The fraction of sp³-hybridized carbons (Fsp3) is 0.143. The molecule has 4 nitrogen and oxygen atoms in total. The van der Waals surface area contributed by atoms with Gasteiger partial charge in [-0.1, -0.05) is 17.8 Å². The molecular weight excluding hydrogens is 258 g/mol. The molecule has 0 saturated heterocycles. The van der Waals surface area contributed by atoms with E-state index in [0.717, 1.165) is 16.3 Å². The first-order chi connectivity index (χ1) is 9.24. The van der Waals surface area contributed by atoms with Crippen LogP contribution in [0.4, 0.5) is 5.69 Å². The van der Waals surface area contributed by atoms with Crippen molar-refractivity contribution in [3.63, 3.8) is 0 Å². The Labute approximate surface area is 116 Å². The lowest BCUT2D eigenvalue weighted by molar-refractivity contribution is 0.413. The average Bonchev–Trinajstić information content (AvgIpc) is 2.46. The van der Waals surface area contributed by atoms with Crippen molar-refractivity contribution in [3.05, 3.63) is 47.7 Å². The minimum atomic E-state index is 0.536. The molecule has 0 aliphatic rings. The van der Waals surface area contributed by atoms with Gasteiger partial charge in [0.2, 0.25) is 0 Å². The van der Waals surface area contributed by atoms with E-state index in [1.807, 2.05) is 24.3 Å². The van der Waals surface area contributed by atoms with E-state index in [9.17, 15) is 0 Å². The van der Waals surface area contributed by atoms with Gasteiger partial charge >= 0.3 is 0 Å². The van der Waals surface area contributed by atoms with Crippen molar-refractivity contribution in [3.8, 4) is 11.8 Å². The van der Waals surface area contributed by atoms with Gasteiger partial charge < -0.3 is 10.5 Å². The quantitative estimate of drug-likeness (QED) is 0.866. The molecule has 0 fully saturated rings. The van der Waals surface area contributed by atoms with E-state index in [4.69, 9.17) is 15.7 Å². The largest absolute Gasteiger partial charge is 0.495 e. The molecule has 0 aliphatic heterocycles. The number of methoxy groups -OCH3 is 1. The number of pyridine rings is 1. The molecule has 96 valence electrons. The summed E-state index contributed by atoms with van der Waals surface area (Å²) in [4.78, 5) is 4.22. The van der Waals surface area contributed by atoms with Crippen LogP contribution in [-0.4, -0.2) is 12.1 Å². The third-order valence-electron chi connectivity index (χ3n) is 2.56. The maximum atomic E-state index is 8.92. The number of hydrogen-bond donors (Lipinski definition) is 1. The molecule has 1 aromatic heterocycles. The Bertz CT molecular complexity index is 622. The Balaban J connectivity index is 2.13. The first kappa shape index (κ1) is 13.2. The second-order valence-corrected chi connectivity index (χ2v) is 4.80. The molecule has 0 amide bonds. The van der Waals surface area contributed by atoms with Crippen LogP contribution in [0.5, 0.6) is 5.75 Å². The highest BCUT2D eigenvalue weighted by molar-refractivity contribution is 7.98. The summed E-state index contributed by atoms with van der Waals surface area (Å²) in [6, 6.07) is 11.3. The minimum Gasteiger partial charge on any atom is -0.495 e. The number of hydrogen-bond acceptors (Lipinski definition) is 5. The van der Waals surface area contributed by atoms with Gasteiger partial charge in [-0.3, -0.25) is 0 Å². The summed E-state index contributed by atoms with van der Waals surface area (Å²) in [5, 5.41) is 9.73. The number of anilines is 1. The highest BCUT2D eigenvalue weighted by atomic mass is 32.2. The zero-order chi connectivity index (χ0) is 13.7. The molecule has 2 rings (SSSR count). The maximum Gasteiger partial charge on any atom is 0.136 e. The van der Waals surface area contributed by atoms with Gasteiger partial charge in [0, 0.05) is 11.9 Å². The van der Waals surface area contributed by atoms with Crippen molar-refractivity contribution >= 4 is 17.4 Å². The molecule has 5 heteroatoms. The number of nitriles is 1. The van der Waals surface area contributed by atoms with Gasteiger partial charge in [0.15, 0.2) is 0 Å². The third-order valence-corrected chi connectivity index (χ3v) is 3.65. The molecule has 0 saturated carbocycles. The predicted octanol–water partition coefficient (Wildman–Crippen LogP) is 2.84. The van der Waals surface area contributed by atoms with E-state index in [0.29, 0.717) is 17.0 Å². The minimum absolute atomic E-state index is 0.536. The summed E-state index contributed by atoms with van der Waals surface area (Å²) >= 11 is 1.56. The SMILES string of the molecule is COc1cc(CSc2ncccc2N)ccc1C#N. The lowest BCUT2D eigenvalue weighted by Crippen LogP contribution is -1.93. The fourth-order valence-electron chi connectivity index (χ4n) is 1.59. The number of thioether (sulfide) groups is 1. The highest BCUT2D eigenvalue weighted by Gasteiger charge is 2.06. The van der Waals surface area contributed by atoms with Crippen molar-refractivity contribution in [2.24, 2.45) is 0 Å². The second-order valence-electron chi connectivity index (χ2n) is 3.83. The van der Waals surface area contributed by atoms with Gasteiger partial charge in [-0.15, -0.1) is 0 Å². The van der Waals surface area contributed by atoms with Crippen LogP contribution < -0.4 is 10.5 Å².